The molecule has 0 radical (unpaired) electrons. The highest BCUT2D eigenvalue weighted by molar-refractivity contribution is 6.09. The van der Waals surface area contributed by atoms with E-state index in [-0.39, 0.29) is 14.5 Å². The average Bonchev–Trinajstić information content (AvgIpc) is 2.67. The van der Waals surface area contributed by atoms with E-state index in [9.17, 15) is 18.0 Å². The first-order valence-electron chi connectivity index (χ1n) is 8.83. The van der Waals surface area contributed by atoms with Gasteiger partial charge in [-0.1, -0.05) is 0 Å². The predicted molar refractivity (Wildman–Crippen MR) is 102 cm³/mol. The summed E-state index contributed by atoms with van der Waals surface area (Å²) >= 11 is 0. The number of ether oxygens (including phenoxy) is 1. The molecule has 1 fully saturated rings. The highest BCUT2D eigenvalue weighted by atomic mass is 19.4. The molecule has 3 heterocycles. The number of pyridine rings is 2. The minimum Gasteiger partial charge on any atom is -0.383 e. The number of aromatic nitrogens is 2. The van der Waals surface area contributed by atoms with Crippen molar-refractivity contribution >= 4 is 11.6 Å². The summed E-state index contributed by atoms with van der Waals surface area (Å²) in [4.78, 5) is 22.9. The molecule has 2 aromatic rings. The van der Waals surface area contributed by atoms with E-state index in [1.807, 2.05) is 4.90 Å². The zero-order valence-corrected chi connectivity index (χ0v) is 15.6. The Morgan fingerprint density at radius 2 is 2.18 bits per heavy atom. The van der Waals surface area contributed by atoms with E-state index in [0.717, 1.165) is 6.07 Å². The fourth-order valence-corrected chi connectivity index (χ4v) is 3.22. The maximum Gasteiger partial charge on any atom is 0.418 e. The Hall–Kier alpha value is -2.52. The number of halogens is 3. The molecule has 1 aliphatic heterocycles. The maximum atomic E-state index is 13.5. The molecule has 0 bridgehead atoms. The number of aryl methyl sites for hydroxylation is 1. The van der Waals surface area contributed by atoms with Crippen molar-refractivity contribution in [2.45, 2.75) is 19.1 Å². The van der Waals surface area contributed by atoms with Gasteiger partial charge in [0.25, 0.3) is 0 Å². The van der Waals surface area contributed by atoms with Gasteiger partial charge in [-0.2, -0.15) is 13.2 Å². The largest absolute Gasteiger partial charge is 0.418 e. The van der Waals surface area contributed by atoms with Gasteiger partial charge in [-0.05, 0) is 31.2 Å². The van der Waals surface area contributed by atoms with Crippen LogP contribution in [0, 0.1) is 6.92 Å². The number of alkyl halides is 3. The highest BCUT2D eigenvalue weighted by Crippen LogP contribution is 2.34. The van der Waals surface area contributed by atoms with Crippen molar-refractivity contribution in [2.75, 3.05) is 38.3 Å². The number of methoxy groups -OCH3 is 1. The monoisotopic (exact) mass is 398 g/mol. The number of nitrogens with one attached hydrogen (secondary N) is 1. The molecule has 1 aliphatic rings. The summed E-state index contributed by atoms with van der Waals surface area (Å²) < 4.78 is 45.7. The lowest BCUT2D eigenvalue weighted by atomic mass is 10.0. The first kappa shape index (κ1) is 20.2. The SMILES string of the molecule is COCC1CN(c2ccc(C(F)(F)F)c(C(=O)c3cccnc3C)n2)CCN1.[HH].[HH]. The predicted octanol–water partition coefficient (Wildman–Crippen LogP) is 2.95. The van der Waals surface area contributed by atoms with Gasteiger partial charge in [-0.25, -0.2) is 4.98 Å². The zero-order valence-electron chi connectivity index (χ0n) is 15.6. The molecule has 1 unspecified atom stereocenters. The fraction of sp³-hybridized carbons (Fsp3) is 0.421. The number of anilines is 1. The lowest BCUT2D eigenvalue weighted by molar-refractivity contribution is -0.138. The van der Waals surface area contributed by atoms with Crippen LogP contribution in [0.1, 0.15) is 30.2 Å². The molecule has 0 amide bonds. The molecule has 28 heavy (non-hydrogen) atoms. The van der Waals surface area contributed by atoms with Crippen molar-refractivity contribution in [3.63, 3.8) is 0 Å². The van der Waals surface area contributed by atoms with Crippen LogP contribution >= 0.6 is 0 Å². The second-order valence-electron chi connectivity index (χ2n) is 6.58. The number of rotatable bonds is 5. The van der Waals surface area contributed by atoms with Crippen LogP contribution in [0.15, 0.2) is 30.5 Å². The topological polar surface area (TPSA) is 67.3 Å². The molecular formula is C19H25F3N4O2. The summed E-state index contributed by atoms with van der Waals surface area (Å²) in [5.41, 5.74) is -1.19. The number of hydrogen-bond donors (Lipinski definition) is 1. The third-order valence-corrected chi connectivity index (χ3v) is 4.60. The highest BCUT2D eigenvalue weighted by Gasteiger charge is 2.37. The molecule has 0 aliphatic carbocycles. The second kappa shape index (κ2) is 8.24. The van der Waals surface area contributed by atoms with E-state index >= 15 is 0 Å². The van der Waals surface area contributed by atoms with Crippen molar-refractivity contribution < 1.29 is 25.6 Å². The minimum atomic E-state index is -4.69. The summed E-state index contributed by atoms with van der Waals surface area (Å²) in [6, 6.07) is 5.24. The Bertz CT molecular complexity index is 866. The van der Waals surface area contributed by atoms with Gasteiger partial charge < -0.3 is 15.0 Å². The van der Waals surface area contributed by atoms with Crippen LogP contribution in [0.25, 0.3) is 0 Å². The van der Waals surface area contributed by atoms with E-state index in [4.69, 9.17) is 4.74 Å². The van der Waals surface area contributed by atoms with E-state index in [2.05, 4.69) is 15.3 Å². The third-order valence-electron chi connectivity index (χ3n) is 4.60. The normalized spacial score (nSPS) is 17.6. The number of carbonyl (C=O) groups is 1. The lowest BCUT2D eigenvalue weighted by Crippen LogP contribution is -2.52. The van der Waals surface area contributed by atoms with Crippen LogP contribution < -0.4 is 10.2 Å². The number of nitrogens with zero attached hydrogens (tertiary/aromatic N) is 3. The van der Waals surface area contributed by atoms with Gasteiger partial charge in [0.1, 0.15) is 11.5 Å². The molecule has 2 aromatic heterocycles. The molecule has 1 atom stereocenters. The molecule has 0 saturated carbocycles. The zero-order chi connectivity index (χ0) is 20.3. The molecular weight excluding hydrogens is 373 g/mol. The van der Waals surface area contributed by atoms with Gasteiger partial charge in [0.15, 0.2) is 0 Å². The molecule has 1 saturated heterocycles. The van der Waals surface area contributed by atoms with Gasteiger partial charge in [0, 0.05) is 53.1 Å². The number of hydrogen-bond acceptors (Lipinski definition) is 6. The first-order chi connectivity index (χ1) is 13.3. The van der Waals surface area contributed by atoms with Crippen LogP contribution in [0.2, 0.25) is 0 Å². The molecule has 1 N–H and O–H groups in total. The van der Waals surface area contributed by atoms with E-state index < -0.39 is 23.2 Å². The van der Waals surface area contributed by atoms with Crippen molar-refractivity contribution in [2.24, 2.45) is 0 Å². The Morgan fingerprint density at radius 1 is 1.39 bits per heavy atom. The molecule has 6 nitrogen and oxygen atoms in total. The van der Waals surface area contributed by atoms with Crippen molar-refractivity contribution in [1.82, 2.24) is 15.3 Å². The van der Waals surface area contributed by atoms with Gasteiger partial charge in [-0.3, -0.25) is 9.78 Å². The van der Waals surface area contributed by atoms with Crippen LogP contribution in [0.4, 0.5) is 19.0 Å². The van der Waals surface area contributed by atoms with E-state index in [1.165, 1.54) is 24.4 Å². The molecule has 0 spiro atoms. The van der Waals surface area contributed by atoms with Crippen LogP contribution in [-0.2, 0) is 10.9 Å². The smallest absolute Gasteiger partial charge is 0.383 e. The van der Waals surface area contributed by atoms with Crippen LogP contribution in [0.5, 0.6) is 0 Å². The Labute approximate surface area is 163 Å². The van der Waals surface area contributed by atoms with Crippen molar-refractivity contribution in [3.05, 3.63) is 53.0 Å². The summed E-state index contributed by atoms with van der Waals surface area (Å²) in [6.45, 7) is 3.78. The second-order valence-corrected chi connectivity index (χ2v) is 6.58. The quantitative estimate of drug-likeness (QED) is 0.782. The Kier molecular flexibility index (Phi) is 5.95. The summed E-state index contributed by atoms with van der Waals surface area (Å²) in [5.74, 6) is -0.455. The first-order valence-corrected chi connectivity index (χ1v) is 8.83. The fourth-order valence-electron chi connectivity index (χ4n) is 3.22. The van der Waals surface area contributed by atoms with Crippen LogP contribution in [-0.4, -0.2) is 55.1 Å². The molecule has 3 rings (SSSR count). The third kappa shape index (κ3) is 4.31. The number of piperazine rings is 1. The summed E-state index contributed by atoms with van der Waals surface area (Å²) in [5, 5.41) is 3.28. The Balaban J connectivity index is 0.00000225. The lowest BCUT2D eigenvalue weighted by Gasteiger charge is -2.34. The van der Waals surface area contributed by atoms with Crippen molar-refractivity contribution in [3.8, 4) is 0 Å². The number of ketones is 1. The van der Waals surface area contributed by atoms with E-state index in [1.54, 1.807) is 14.0 Å². The van der Waals surface area contributed by atoms with E-state index in [0.29, 0.717) is 37.8 Å². The minimum absolute atomic E-state index is 0. The Morgan fingerprint density at radius 3 is 2.86 bits per heavy atom. The van der Waals surface area contributed by atoms with Gasteiger partial charge in [0.2, 0.25) is 5.78 Å². The summed E-state index contributed by atoms with van der Waals surface area (Å²) in [7, 11) is 1.59. The van der Waals surface area contributed by atoms with Crippen LogP contribution in [0.3, 0.4) is 0 Å². The number of carbonyl (C=O) groups excluding carboxylic acids is 1. The van der Waals surface area contributed by atoms with Gasteiger partial charge in [0.05, 0.1) is 12.2 Å². The standard InChI is InChI=1S/C19H21F3N4O2.2H2/c1-12-14(4-3-7-23-12)18(27)17-15(19(20,21)22)5-6-16(25-17)26-9-8-24-13(10-26)11-28-2;;/h3-7,13,24H,8-11H2,1-2H3;2*1H. The average molecular weight is 398 g/mol. The van der Waals surface area contributed by atoms with Crippen molar-refractivity contribution in [1.29, 1.82) is 0 Å². The maximum absolute atomic E-state index is 13.5. The van der Waals surface area contributed by atoms with Gasteiger partial charge >= 0.3 is 6.18 Å². The van der Waals surface area contributed by atoms with Gasteiger partial charge in [-0.15, -0.1) is 0 Å². The molecule has 154 valence electrons. The summed E-state index contributed by atoms with van der Waals surface area (Å²) in [6.07, 6.45) is -3.20. The molecule has 9 heteroatoms. The molecule has 0 aromatic carbocycles.